The van der Waals surface area contributed by atoms with E-state index in [1.165, 1.54) is 4.68 Å². The highest BCUT2D eigenvalue weighted by molar-refractivity contribution is 6.04. The smallest absolute Gasteiger partial charge is 0.392 e. The van der Waals surface area contributed by atoms with E-state index in [9.17, 15) is 18.0 Å². The fraction of sp³-hybridized carbons (Fsp3) is 0.450. The first-order valence-electron chi connectivity index (χ1n) is 9.63. The summed E-state index contributed by atoms with van der Waals surface area (Å²) in [5, 5.41) is 15.5. The molecule has 0 saturated heterocycles. The van der Waals surface area contributed by atoms with Gasteiger partial charge in [0.15, 0.2) is 0 Å². The number of nitrogens with zero attached hydrogens (tertiary/aromatic N) is 3. The molecule has 30 heavy (non-hydrogen) atoms. The molecule has 1 aromatic heterocycles. The van der Waals surface area contributed by atoms with Crippen LogP contribution in [0.2, 0.25) is 0 Å². The van der Waals surface area contributed by atoms with Crippen LogP contribution in [0.15, 0.2) is 24.3 Å². The third-order valence-electron chi connectivity index (χ3n) is 5.72. The summed E-state index contributed by atoms with van der Waals surface area (Å²) in [7, 11) is 3.25. The van der Waals surface area contributed by atoms with Crippen LogP contribution in [0.1, 0.15) is 28.2 Å². The first kappa shape index (κ1) is 20.2. The molecule has 0 bridgehead atoms. The number of para-hydroxylation sites is 2. The van der Waals surface area contributed by atoms with Crippen LogP contribution in [0.3, 0.4) is 0 Å². The number of anilines is 1. The lowest BCUT2D eigenvalue weighted by Gasteiger charge is -2.25. The predicted molar refractivity (Wildman–Crippen MR) is 104 cm³/mol. The number of fused-ring (bicyclic) bond motifs is 2. The van der Waals surface area contributed by atoms with Crippen LogP contribution >= 0.6 is 0 Å². The second kappa shape index (κ2) is 7.33. The number of carbonyl (C=O) groups is 1. The highest BCUT2D eigenvalue weighted by Gasteiger charge is 2.43. The van der Waals surface area contributed by atoms with E-state index in [0.717, 1.165) is 0 Å². The van der Waals surface area contributed by atoms with Crippen molar-refractivity contribution in [2.24, 2.45) is 13.0 Å². The molecule has 1 aliphatic carbocycles. The van der Waals surface area contributed by atoms with Crippen molar-refractivity contribution in [3.8, 4) is 5.75 Å². The lowest BCUT2D eigenvalue weighted by molar-refractivity contribution is -0.177. The largest absolute Gasteiger partial charge is 0.489 e. The molecular formula is C20H22F3N5O2. The van der Waals surface area contributed by atoms with E-state index in [0.29, 0.717) is 22.7 Å². The van der Waals surface area contributed by atoms with Gasteiger partial charge in [0.25, 0.3) is 5.91 Å². The van der Waals surface area contributed by atoms with Crippen LogP contribution in [-0.2, 0) is 19.9 Å². The highest BCUT2D eigenvalue weighted by Crippen LogP contribution is 2.38. The Bertz CT molecular complexity index is 1000. The van der Waals surface area contributed by atoms with Crippen molar-refractivity contribution in [1.82, 2.24) is 15.1 Å². The maximum absolute atomic E-state index is 13.2. The molecular weight excluding hydrogens is 399 g/mol. The van der Waals surface area contributed by atoms with Crippen molar-refractivity contribution in [3.05, 3.63) is 41.2 Å². The van der Waals surface area contributed by atoms with E-state index in [4.69, 9.17) is 10.1 Å². The van der Waals surface area contributed by atoms with Crippen molar-refractivity contribution < 1.29 is 22.7 Å². The van der Waals surface area contributed by atoms with Crippen molar-refractivity contribution >= 4 is 17.4 Å². The monoisotopic (exact) mass is 421 g/mol. The lowest BCUT2D eigenvalue weighted by Crippen LogP contribution is -2.49. The summed E-state index contributed by atoms with van der Waals surface area (Å²) in [6, 6.07) is 6.46. The third kappa shape index (κ3) is 3.50. The summed E-state index contributed by atoms with van der Waals surface area (Å²) in [6.07, 6.45) is -4.42. The molecule has 160 valence electrons. The first-order valence-corrected chi connectivity index (χ1v) is 9.63. The van der Waals surface area contributed by atoms with Gasteiger partial charge in [0.05, 0.1) is 17.3 Å². The molecule has 1 aromatic carbocycles. The van der Waals surface area contributed by atoms with Crippen LogP contribution in [0.5, 0.6) is 5.75 Å². The van der Waals surface area contributed by atoms with Gasteiger partial charge in [0.1, 0.15) is 29.9 Å². The number of alkyl halides is 3. The van der Waals surface area contributed by atoms with Gasteiger partial charge in [-0.15, -0.1) is 0 Å². The number of hydrogen-bond acceptors (Lipinski definition) is 4. The van der Waals surface area contributed by atoms with Gasteiger partial charge in [0.2, 0.25) is 0 Å². The Morgan fingerprint density at radius 3 is 2.77 bits per heavy atom. The number of amides is 1. The lowest BCUT2D eigenvalue weighted by atomic mass is 9.86. The average molecular weight is 421 g/mol. The van der Waals surface area contributed by atoms with E-state index < -0.39 is 24.0 Å². The normalized spacial score (nSPS) is 21.4. The van der Waals surface area contributed by atoms with Crippen LogP contribution < -0.4 is 15.0 Å². The number of ether oxygens (including phenoxy) is 1. The van der Waals surface area contributed by atoms with Gasteiger partial charge >= 0.3 is 6.18 Å². The SMILES string of the molecule is CN1C(=N)[C@@H](NC(=O)c2c3c(nn2C)CC[C@@H](C(F)(F)F)C3)COc2ccccc21. The Labute approximate surface area is 171 Å². The predicted octanol–water partition coefficient (Wildman–Crippen LogP) is 2.69. The zero-order valence-electron chi connectivity index (χ0n) is 16.6. The number of aryl methyl sites for hydroxylation is 2. The van der Waals surface area contributed by atoms with Crippen LogP contribution in [0.4, 0.5) is 18.9 Å². The standard InChI is InChI=1S/C20H22F3N5O2/c1-27-15-5-3-4-6-16(15)30-10-14(18(27)24)25-19(29)17-12-9-11(20(21,22)23)7-8-13(12)26-28(17)2/h3-6,11,14,24H,7-10H2,1-2H3,(H,25,29)/t11-,14+/m1/s1. The molecule has 2 aromatic rings. The zero-order valence-corrected chi connectivity index (χ0v) is 16.6. The Kier molecular flexibility index (Phi) is 4.95. The van der Waals surface area contributed by atoms with Crippen molar-refractivity contribution in [1.29, 1.82) is 5.41 Å². The molecule has 1 amide bonds. The van der Waals surface area contributed by atoms with Crippen molar-refractivity contribution in [2.75, 3.05) is 18.6 Å². The van der Waals surface area contributed by atoms with Crippen LogP contribution in [0, 0.1) is 11.3 Å². The van der Waals surface area contributed by atoms with Gasteiger partial charge in [0, 0.05) is 19.7 Å². The maximum Gasteiger partial charge on any atom is 0.392 e. The van der Waals surface area contributed by atoms with Crippen LogP contribution in [0.25, 0.3) is 0 Å². The fourth-order valence-corrected chi connectivity index (χ4v) is 4.07. The minimum absolute atomic E-state index is 0.0290. The number of carbonyl (C=O) groups excluding carboxylic acids is 1. The Hall–Kier alpha value is -3.04. The Balaban J connectivity index is 1.57. The average Bonchev–Trinajstić information content (AvgIpc) is 2.98. The first-order chi connectivity index (χ1) is 14.2. The van der Waals surface area contributed by atoms with E-state index >= 15 is 0 Å². The molecule has 0 fully saturated rings. The van der Waals surface area contributed by atoms with Gasteiger partial charge in [-0.2, -0.15) is 18.3 Å². The molecule has 2 N–H and O–H groups in total. The number of hydrogen-bond donors (Lipinski definition) is 2. The quantitative estimate of drug-likeness (QED) is 0.781. The molecule has 7 nitrogen and oxygen atoms in total. The third-order valence-corrected chi connectivity index (χ3v) is 5.72. The molecule has 1 aliphatic heterocycles. The van der Waals surface area contributed by atoms with E-state index in [2.05, 4.69) is 10.4 Å². The summed E-state index contributed by atoms with van der Waals surface area (Å²) in [4.78, 5) is 14.7. The zero-order chi connectivity index (χ0) is 21.6. The second-order valence-electron chi connectivity index (χ2n) is 7.63. The number of rotatable bonds is 2. The van der Waals surface area contributed by atoms with E-state index in [1.54, 1.807) is 25.1 Å². The molecule has 0 saturated carbocycles. The number of likely N-dealkylation sites (N-methyl/N-ethyl adjacent to an activating group) is 1. The van der Waals surface area contributed by atoms with E-state index in [1.807, 2.05) is 18.2 Å². The summed E-state index contributed by atoms with van der Waals surface area (Å²) in [5.41, 5.74) is 1.67. The maximum atomic E-state index is 13.2. The number of nitrogens with one attached hydrogen (secondary N) is 2. The molecule has 2 atom stereocenters. The summed E-state index contributed by atoms with van der Waals surface area (Å²) >= 11 is 0. The molecule has 4 rings (SSSR count). The topological polar surface area (TPSA) is 83.2 Å². The fourth-order valence-electron chi connectivity index (χ4n) is 4.07. The van der Waals surface area contributed by atoms with Crippen LogP contribution in [-0.4, -0.2) is 47.4 Å². The highest BCUT2D eigenvalue weighted by atomic mass is 19.4. The Morgan fingerprint density at radius 2 is 2.03 bits per heavy atom. The Morgan fingerprint density at radius 1 is 1.30 bits per heavy atom. The second-order valence-corrected chi connectivity index (χ2v) is 7.63. The van der Waals surface area contributed by atoms with Gasteiger partial charge in [-0.05, 0) is 31.4 Å². The van der Waals surface area contributed by atoms with E-state index in [-0.39, 0.29) is 37.4 Å². The molecule has 0 spiro atoms. The summed E-state index contributed by atoms with van der Waals surface area (Å²) in [5.74, 6) is -1.34. The molecule has 0 radical (unpaired) electrons. The minimum Gasteiger partial charge on any atom is -0.489 e. The number of benzene rings is 1. The van der Waals surface area contributed by atoms with Crippen molar-refractivity contribution in [3.63, 3.8) is 0 Å². The van der Waals surface area contributed by atoms with Gasteiger partial charge in [-0.25, -0.2) is 0 Å². The van der Waals surface area contributed by atoms with Crippen molar-refractivity contribution in [2.45, 2.75) is 31.5 Å². The van der Waals surface area contributed by atoms with Gasteiger partial charge in [-0.3, -0.25) is 14.9 Å². The molecule has 2 heterocycles. The van der Waals surface area contributed by atoms with Gasteiger partial charge in [-0.1, -0.05) is 12.1 Å². The number of amidine groups is 1. The van der Waals surface area contributed by atoms with Gasteiger partial charge < -0.3 is 15.0 Å². The minimum atomic E-state index is -4.31. The molecule has 2 aliphatic rings. The number of halogens is 3. The number of aromatic nitrogens is 2. The molecule has 10 heteroatoms. The molecule has 0 unspecified atom stereocenters. The summed E-state index contributed by atoms with van der Waals surface area (Å²) in [6.45, 7) is 0.0388. The summed E-state index contributed by atoms with van der Waals surface area (Å²) < 4.78 is 46.8.